The maximum Gasteiger partial charge on any atom is 0.239 e. The van der Waals surface area contributed by atoms with Crippen molar-refractivity contribution in [1.82, 2.24) is 9.88 Å². The molecule has 1 saturated heterocycles. The highest BCUT2D eigenvalue weighted by molar-refractivity contribution is 8.00. The number of amides is 1. The van der Waals surface area contributed by atoms with Crippen LogP contribution < -0.4 is 14.4 Å². The van der Waals surface area contributed by atoms with Gasteiger partial charge in [0.05, 0.1) is 43.4 Å². The van der Waals surface area contributed by atoms with Crippen molar-refractivity contribution in [2.45, 2.75) is 11.3 Å². The molecule has 1 fully saturated rings. The van der Waals surface area contributed by atoms with Crippen molar-refractivity contribution in [1.29, 1.82) is 0 Å². The van der Waals surface area contributed by atoms with Gasteiger partial charge in [-0.25, -0.2) is 4.98 Å². The van der Waals surface area contributed by atoms with Gasteiger partial charge in [-0.15, -0.1) is 24.2 Å². The number of halogens is 1. The van der Waals surface area contributed by atoms with Gasteiger partial charge in [-0.3, -0.25) is 14.6 Å². The summed E-state index contributed by atoms with van der Waals surface area (Å²) in [6.07, 6.45) is 0.887. The van der Waals surface area contributed by atoms with E-state index >= 15 is 0 Å². The maximum absolute atomic E-state index is 13.3. The van der Waals surface area contributed by atoms with E-state index in [9.17, 15) is 4.79 Å². The van der Waals surface area contributed by atoms with Gasteiger partial charge in [-0.05, 0) is 48.9 Å². The Hall–Kier alpha value is -2.04. The van der Waals surface area contributed by atoms with Crippen LogP contribution in [0.25, 0.3) is 10.2 Å². The fraction of sp³-hybridized carbons (Fsp3) is 0.417. The highest BCUT2D eigenvalue weighted by Gasteiger charge is 2.21. The van der Waals surface area contributed by atoms with Crippen LogP contribution in [0.2, 0.25) is 0 Å². The Morgan fingerprint density at radius 2 is 1.82 bits per heavy atom. The molecule has 0 saturated carbocycles. The van der Waals surface area contributed by atoms with E-state index in [1.165, 1.54) is 23.1 Å². The Morgan fingerprint density at radius 1 is 1.12 bits per heavy atom. The molecule has 0 N–H and O–H groups in total. The third-order valence-corrected chi connectivity index (χ3v) is 7.54. The van der Waals surface area contributed by atoms with Gasteiger partial charge in [0.2, 0.25) is 5.91 Å². The van der Waals surface area contributed by atoms with Crippen LogP contribution in [0.3, 0.4) is 0 Å². The first-order valence-electron chi connectivity index (χ1n) is 11.0. The van der Waals surface area contributed by atoms with Crippen molar-refractivity contribution in [3.05, 3.63) is 42.5 Å². The summed E-state index contributed by atoms with van der Waals surface area (Å²) in [5.41, 5.74) is 0.879. The second-order valence-corrected chi connectivity index (χ2v) is 9.71. The summed E-state index contributed by atoms with van der Waals surface area (Å²) in [7, 11) is 3.30. The number of benzene rings is 2. The summed E-state index contributed by atoms with van der Waals surface area (Å²) >= 11 is 3.06. The van der Waals surface area contributed by atoms with E-state index in [1.807, 2.05) is 47.4 Å². The molecular weight excluding hydrogens is 494 g/mol. The number of anilines is 1. The smallest absolute Gasteiger partial charge is 0.239 e. The molecule has 34 heavy (non-hydrogen) atoms. The van der Waals surface area contributed by atoms with Crippen LogP contribution in [0.1, 0.15) is 6.42 Å². The zero-order valence-corrected chi connectivity index (χ0v) is 21.8. The molecule has 2 heterocycles. The Bertz CT molecular complexity index is 1060. The number of aromatic nitrogens is 1. The number of carbonyl (C=O) groups excluding carboxylic acids is 1. The first kappa shape index (κ1) is 26.6. The third kappa shape index (κ3) is 6.99. The fourth-order valence-corrected chi connectivity index (χ4v) is 5.45. The average Bonchev–Trinajstić information content (AvgIpc) is 3.29. The van der Waals surface area contributed by atoms with E-state index in [0.717, 1.165) is 71.0 Å². The summed E-state index contributed by atoms with van der Waals surface area (Å²) in [5, 5.41) is 0.737. The number of hydrogen-bond donors (Lipinski definition) is 0. The maximum atomic E-state index is 13.3. The van der Waals surface area contributed by atoms with Crippen molar-refractivity contribution in [3.8, 4) is 11.5 Å². The van der Waals surface area contributed by atoms with Gasteiger partial charge in [0, 0.05) is 31.1 Å². The zero-order valence-electron chi connectivity index (χ0n) is 19.4. The molecule has 1 aliphatic heterocycles. The summed E-state index contributed by atoms with van der Waals surface area (Å²) in [6, 6.07) is 13.6. The molecule has 2 aromatic carbocycles. The second kappa shape index (κ2) is 13.2. The van der Waals surface area contributed by atoms with E-state index in [1.54, 1.807) is 14.2 Å². The van der Waals surface area contributed by atoms with Crippen LogP contribution >= 0.6 is 35.5 Å². The number of fused-ring (bicyclic) bond motifs is 1. The number of thioether (sulfide) groups is 1. The Balaban J connectivity index is 0.00000324. The summed E-state index contributed by atoms with van der Waals surface area (Å²) in [4.78, 5) is 23.3. The number of morpholine rings is 1. The first-order chi connectivity index (χ1) is 16.2. The summed E-state index contributed by atoms with van der Waals surface area (Å²) in [5.74, 6) is 2.01. The normalized spacial score (nSPS) is 13.9. The van der Waals surface area contributed by atoms with Gasteiger partial charge in [-0.2, -0.15) is 0 Å². The lowest BCUT2D eigenvalue weighted by Gasteiger charge is -2.27. The Labute approximate surface area is 214 Å². The number of ether oxygens (including phenoxy) is 3. The number of nitrogens with zero attached hydrogens (tertiary/aromatic N) is 3. The quantitative estimate of drug-likeness (QED) is 0.360. The van der Waals surface area contributed by atoms with Crippen LogP contribution in [-0.2, 0) is 9.53 Å². The Morgan fingerprint density at radius 3 is 2.53 bits per heavy atom. The summed E-state index contributed by atoms with van der Waals surface area (Å²) < 4.78 is 17.0. The van der Waals surface area contributed by atoms with Crippen LogP contribution in [0.15, 0.2) is 47.4 Å². The number of methoxy groups -OCH3 is 2. The van der Waals surface area contributed by atoms with Crippen LogP contribution in [0.4, 0.5) is 5.13 Å². The molecule has 3 aromatic rings. The van der Waals surface area contributed by atoms with Gasteiger partial charge in [0.25, 0.3) is 0 Å². The van der Waals surface area contributed by atoms with E-state index in [4.69, 9.17) is 19.2 Å². The molecule has 184 valence electrons. The lowest BCUT2D eigenvalue weighted by atomic mass is 10.3. The van der Waals surface area contributed by atoms with E-state index in [0.29, 0.717) is 12.3 Å². The molecule has 1 aromatic heterocycles. The van der Waals surface area contributed by atoms with Gasteiger partial charge >= 0.3 is 0 Å². The van der Waals surface area contributed by atoms with E-state index in [-0.39, 0.29) is 18.3 Å². The minimum absolute atomic E-state index is 0. The lowest BCUT2D eigenvalue weighted by molar-refractivity contribution is -0.116. The fourth-order valence-electron chi connectivity index (χ4n) is 3.63. The Kier molecular flexibility index (Phi) is 10.3. The zero-order chi connectivity index (χ0) is 23.0. The topological polar surface area (TPSA) is 64.1 Å². The molecule has 7 nitrogen and oxygen atoms in total. The molecule has 1 aliphatic rings. The van der Waals surface area contributed by atoms with Crippen LogP contribution in [-0.4, -0.2) is 75.2 Å². The number of thiazole rings is 1. The number of rotatable bonds is 10. The molecule has 0 unspecified atom stereocenters. The van der Waals surface area contributed by atoms with Crippen LogP contribution in [0, 0.1) is 0 Å². The predicted octanol–water partition coefficient (Wildman–Crippen LogP) is 4.58. The second-order valence-electron chi connectivity index (χ2n) is 7.65. The third-order valence-electron chi connectivity index (χ3n) is 5.50. The molecule has 1 amide bonds. The minimum atomic E-state index is 0. The average molecular weight is 524 g/mol. The standard InChI is InChI=1S/C24H29N3O4S2.ClH/c1-29-18-4-7-20(8-5-18)32-17-23(28)27(11-3-10-26-12-14-31-15-13-26)24-25-21-9-6-19(30-2)16-22(21)33-24;/h4-9,16H,3,10-15,17H2,1-2H3;1H. The molecule has 10 heteroatoms. The molecule has 0 bridgehead atoms. The van der Waals surface area contributed by atoms with Gasteiger partial charge in [0.15, 0.2) is 5.13 Å². The monoisotopic (exact) mass is 523 g/mol. The first-order valence-corrected chi connectivity index (χ1v) is 12.8. The predicted molar refractivity (Wildman–Crippen MR) is 141 cm³/mol. The van der Waals surface area contributed by atoms with Crippen molar-refractivity contribution < 1.29 is 19.0 Å². The lowest BCUT2D eigenvalue weighted by Crippen LogP contribution is -2.39. The molecule has 0 aliphatic carbocycles. The van der Waals surface area contributed by atoms with Gasteiger partial charge in [0.1, 0.15) is 11.5 Å². The largest absolute Gasteiger partial charge is 0.497 e. The van der Waals surface area contributed by atoms with Crippen molar-refractivity contribution >= 4 is 56.8 Å². The van der Waals surface area contributed by atoms with Crippen LogP contribution in [0.5, 0.6) is 11.5 Å². The van der Waals surface area contributed by atoms with E-state index in [2.05, 4.69) is 4.90 Å². The van der Waals surface area contributed by atoms with Gasteiger partial charge < -0.3 is 14.2 Å². The molecular formula is C24H30ClN3O4S2. The minimum Gasteiger partial charge on any atom is -0.497 e. The SMILES string of the molecule is COc1ccc(SCC(=O)N(CCCN2CCOCC2)c2nc3ccc(OC)cc3s2)cc1.Cl. The van der Waals surface area contributed by atoms with Gasteiger partial charge in [-0.1, -0.05) is 11.3 Å². The molecule has 4 rings (SSSR count). The molecule has 0 atom stereocenters. The molecule has 0 spiro atoms. The molecule has 0 radical (unpaired) electrons. The highest BCUT2D eigenvalue weighted by atomic mass is 35.5. The van der Waals surface area contributed by atoms with E-state index < -0.39 is 0 Å². The summed E-state index contributed by atoms with van der Waals surface area (Å²) in [6.45, 7) is 5.03. The van der Waals surface area contributed by atoms with Crippen molar-refractivity contribution in [2.75, 3.05) is 64.3 Å². The number of hydrogen-bond acceptors (Lipinski definition) is 8. The highest BCUT2D eigenvalue weighted by Crippen LogP contribution is 2.32. The van der Waals surface area contributed by atoms with Crippen molar-refractivity contribution in [2.24, 2.45) is 0 Å². The number of carbonyl (C=O) groups is 1. The van der Waals surface area contributed by atoms with Crippen molar-refractivity contribution in [3.63, 3.8) is 0 Å².